The van der Waals surface area contributed by atoms with Gasteiger partial charge >= 0.3 is 0 Å². The number of aromatic nitrogens is 4. The Morgan fingerprint density at radius 3 is 2.70 bits per heavy atom. The van der Waals surface area contributed by atoms with Gasteiger partial charge in [0.15, 0.2) is 0 Å². The van der Waals surface area contributed by atoms with Crippen molar-refractivity contribution in [3.05, 3.63) is 23.7 Å². The lowest BCUT2D eigenvalue weighted by molar-refractivity contribution is 0.393. The van der Waals surface area contributed by atoms with Crippen LogP contribution >= 0.6 is 12.4 Å². The van der Waals surface area contributed by atoms with Crippen LogP contribution in [0.25, 0.3) is 0 Å². The molecule has 0 aliphatic carbocycles. The zero-order valence-corrected chi connectivity index (χ0v) is 13.2. The molecule has 112 valence electrons. The molecule has 0 saturated heterocycles. The molecule has 0 amide bonds. The van der Waals surface area contributed by atoms with Gasteiger partial charge in [0, 0.05) is 31.9 Å². The van der Waals surface area contributed by atoms with E-state index < -0.39 is 0 Å². The van der Waals surface area contributed by atoms with Crippen LogP contribution in [0.4, 0.5) is 5.69 Å². The number of anilines is 1. The Labute approximate surface area is 125 Å². The zero-order chi connectivity index (χ0) is 13.8. The summed E-state index contributed by atoms with van der Waals surface area (Å²) < 4.78 is 8.94. The second-order valence-corrected chi connectivity index (χ2v) is 4.58. The van der Waals surface area contributed by atoms with Crippen LogP contribution in [-0.4, -0.2) is 26.7 Å². The quantitative estimate of drug-likeness (QED) is 0.890. The standard InChI is InChI=1S/C13H21N5O.ClH/c1-5-6-18-8-11(10(2)15-18)7-14-12-9-17(3)16-13(12)19-4;/h8-9,14H,5-7H2,1-4H3;1H. The van der Waals surface area contributed by atoms with Crippen molar-refractivity contribution in [3.8, 4) is 5.88 Å². The minimum atomic E-state index is 0. The van der Waals surface area contributed by atoms with E-state index in [0.29, 0.717) is 5.88 Å². The summed E-state index contributed by atoms with van der Waals surface area (Å²) in [6.45, 7) is 5.85. The summed E-state index contributed by atoms with van der Waals surface area (Å²) in [7, 11) is 3.50. The number of halogens is 1. The van der Waals surface area contributed by atoms with Gasteiger partial charge in [0.25, 0.3) is 5.88 Å². The second kappa shape index (κ2) is 7.19. The van der Waals surface area contributed by atoms with E-state index in [1.54, 1.807) is 11.8 Å². The largest absolute Gasteiger partial charge is 0.478 e. The van der Waals surface area contributed by atoms with Gasteiger partial charge < -0.3 is 10.1 Å². The lowest BCUT2D eigenvalue weighted by Gasteiger charge is -2.04. The molecule has 6 nitrogen and oxygen atoms in total. The minimum Gasteiger partial charge on any atom is -0.478 e. The molecule has 1 N–H and O–H groups in total. The SMILES string of the molecule is CCCn1cc(CNc2cn(C)nc2OC)c(C)n1.Cl. The van der Waals surface area contributed by atoms with E-state index in [-0.39, 0.29) is 12.4 Å². The Bertz CT molecular complexity index is 549. The molecular weight excluding hydrogens is 278 g/mol. The van der Waals surface area contributed by atoms with Crippen molar-refractivity contribution in [3.63, 3.8) is 0 Å². The van der Waals surface area contributed by atoms with Crippen molar-refractivity contribution in [2.45, 2.75) is 33.4 Å². The van der Waals surface area contributed by atoms with Crippen LogP contribution in [0, 0.1) is 6.92 Å². The molecule has 0 atom stereocenters. The molecule has 0 aliphatic rings. The van der Waals surface area contributed by atoms with Crippen LogP contribution in [0.2, 0.25) is 0 Å². The van der Waals surface area contributed by atoms with Crippen molar-refractivity contribution in [1.82, 2.24) is 19.6 Å². The molecule has 0 fully saturated rings. The van der Waals surface area contributed by atoms with Gasteiger partial charge in [-0.2, -0.15) is 5.10 Å². The molecule has 0 spiro atoms. The summed E-state index contributed by atoms with van der Waals surface area (Å²) in [4.78, 5) is 0. The van der Waals surface area contributed by atoms with Crippen LogP contribution < -0.4 is 10.1 Å². The number of nitrogens with zero attached hydrogens (tertiary/aromatic N) is 4. The molecule has 0 saturated carbocycles. The fourth-order valence-electron chi connectivity index (χ4n) is 2.01. The van der Waals surface area contributed by atoms with E-state index >= 15 is 0 Å². The van der Waals surface area contributed by atoms with Crippen molar-refractivity contribution >= 4 is 18.1 Å². The van der Waals surface area contributed by atoms with Crippen molar-refractivity contribution in [2.75, 3.05) is 12.4 Å². The van der Waals surface area contributed by atoms with Gasteiger partial charge in [-0.05, 0) is 13.3 Å². The molecule has 0 bridgehead atoms. The lowest BCUT2D eigenvalue weighted by atomic mass is 10.2. The zero-order valence-electron chi connectivity index (χ0n) is 12.4. The maximum absolute atomic E-state index is 5.21. The molecule has 2 heterocycles. The van der Waals surface area contributed by atoms with Crippen LogP contribution in [0.5, 0.6) is 5.88 Å². The first-order chi connectivity index (χ1) is 9.13. The van der Waals surface area contributed by atoms with Crippen LogP contribution in [0.15, 0.2) is 12.4 Å². The van der Waals surface area contributed by atoms with Crippen molar-refractivity contribution < 1.29 is 4.74 Å². The summed E-state index contributed by atoms with van der Waals surface area (Å²) in [6.07, 6.45) is 5.09. The summed E-state index contributed by atoms with van der Waals surface area (Å²) in [5.74, 6) is 0.612. The third kappa shape index (κ3) is 3.66. The molecule has 0 aromatic carbocycles. The number of aryl methyl sites for hydroxylation is 3. The first-order valence-corrected chi connectivity index (χ1v) is 6.48. The molecule has 2 aromatic rings. The van der Waals surface area contributed by atoms with E-state index in [1.165, 1.54) is 5.56 Å². The first kappa shape index (κ1) is 16.4. The Morgan fingerprint density at radius 2 is 2.05 bits per heavy atom. The fourth-order valence-corrected chi connectivity index (χ4v) is 2.01. The Hall–Kier alpha value is -1.69. The number of hydrogen-bond acceptors (Lipinski definition) is 4. The van der Waals surface area contributed by atoms with Gasteiger partial charge in [0.1, 0.15) is 5.69 Å². The lowest BCUT2D eigenvalue weighted by Crippen LogP contribution is -2.00. The van der Waals surface area contributed by atoms with Gasteiger partial charge in [0.05, 0.1) is 19.0 Å². The molecule has 2 aromatic heterocycles. The maximum Gasteiger partial charge on any atom is 0.256 e. The van der Waals surface area contributed by atoms with Crippen molar-refractivity contribution in [2.24, 2.45) is 7.05 Å². The number of methoxy groups -OCH3 is 1. The van der Waals surface area contributed by atoms with Crippen LogP contribution in [-0.2, 0) is 20.1 Å². The summed E-state index contributed by atoms with van der Waals surface area (Å²) in [5, 5.41) is 12.0. The second-order valence-electron chi connectivity index (χ2n) is 4.58. The third-order valence-electron chi connectivity index (χ3n) is 2.96. The highest BCUT2D eigenvalue weighted by atomic mass is 35.5. The highest BCUT2D eigenvalue weighted by Crippen LogP contribution is 2.22. The molecule has 0 unspecified atom stereocenters. The molecule has 20 heavy (non-hydrogen) atoms. The molecule has 0 radical (unpaired) electrons. The number of ether oxygens (including phenoxy) is 1. The number of hydrogen-bond donors (Lipinski definition) is 1. The van der Waals surface area contributed by atoms with Gasteiger partial charge in [-0.1, -0.05) is 6.92 Å². The molecule has 2 rings (SSSR count). The Morgan fingerprint density at radius 1 is 1.30 bits per heavy atom. The van der Waals surface area contributed by atoms with Crippen LogP contribution in [0.1, 0.15) is 24.6 Å². The maximum atomic E-state index is 5.21. The van der Waals surface area contributed by atoms with Gasteiger partial charge in [-0.3, -0.25) is 9.36 Å². The molecule has 7 heteroatoms. The van der Waals surface area contributed by atoms with Gasteiger partial charge in [-0.15, -0.1) is 17.5 Å². The predicted octanol–water partition coefficient (Wildman–Crippen LogP) is 2.38. The summed E-state index contributed by atoms with van der Waals surface area (Å²) in [6, 6.07) is 0. The predicted molar refractivity (Wildman–Crippen MR) is 81.6 cm³/mol. The summed E-state index contributed by atoms with van der Waals surface area (Å²) in [5.41, 5.74) is 3.15. The number of rotatable bonds is 6. The van der Waals surface area contributed by atoms with Crippen LogP contribution in [0.3, 0.4) is 0 Å². The molecule has 0 aliphatic heterocycles. The average Bonchev–Trinajstić information content (AvgIpc) is 2.90. The highest BCUT2D eigenvalue weighted by Gasteiger charge is 2.09. The van der Waals surface area contributed by atoms with Gasteiger partial charge in [-0.25, -0.2) is 0 Å². The first-order valence-electron chi connectivity index (χ1n) is 6.48. The van der Waals surface area contributed by atoms with Gasteiger partial charge in [0.2, 0.25) is 0 Å². The Kier molecular flexibility index (Phi) is 5.88. The van der Waals surface area contributed by atoms with E-state index in [4.69, 9.17) is 4.74 Å². The molecular formula is C13H22ClN5O. The van der Waals surface area contributed by atoms with E-state index in [0.717, 1.165) is 30.9 Å². The third-order valence-corrected chi connectivity index (χ3v) is 2.96. The van der Waals surface area contributed by atoms with Crippen molar-refractivity contribution in [1.29, 1.82) is 0 Å². The van der Waals surface area contributed by atoms with E-state index in [1.807, 2.05) is 24.9 Å². The average molecular weight is 300 g/mol. The Balaban J connectivity index is 0.00000200. The summed E-state index contributed by atoms with van der Waals surface area (Å²) >= 11 is 0. The van der Waals surface area contributed by atoms with E-state index in [9.17, 15) is 0 Å². The number of nitrogens with one attached hydrogen (secondary N) is 1. The normalized spacial score (nSPS) is 10.2. The fraction of sp³-hybridized carbons (Fsp3) is 0.538. The topological polar surface area (TPSA) is 56.9 Å². The highest BCUT2D eigenvalue weighted by molar-refractivity contribution is 5.85. The smallest absolute Gasteiger partial charge is 0.256 e. The van der Waals surface area contributed by atoms with E-state index in [2.05, 4.69) is 28.6 Å². The minimum absolute atomic E-state index is 0. The monoisotopic (exact) mass is 299 g/mol.